The van der Waals surface area contributed by atoms with E-state index in [4.69, 9.17) is 0 Å². The van der Waals surface area contributed by atoms with E-state index in [0.717, 1.165) is 6.07 Å². The van der Waals surface area contributed by atoms with Gasteiger partial charge in [-0.05, 0) is 24.3 Å². The first-order valence-electron chi connectivity index (χ1n) is 6.41. The number of ether oxygens (including phenoxy) is 1. The number of aromatic nitrogens is 1. The Balaban J connectivity index is 1.98. The number of anilines is 1. The summed E-state index contributed by atoms with van der Waals surface area (Å²) < 4.78 is 57.4. The third-order valence-electron chi connectivity index (χ3n) is 3.33. The maximum atomic E-state index is 13.6. The van der Waals surface area contributed by atoms with E-state index in [-0.39, 0.29) is 11.4 Å². The van der Waals surface area contributed by atoms with Gasteiger partial charge >= 0.3 is 12.2 Å². The molecule has 0 spiro atoms. The molecule has 1 aromatic carbocycles. The zero-order chi connectivity index (χ0) is 16.8. The Labute approximate surface area is 128 Å². The maximum Gasteiger partial charge on any atom is 0.388 e. The number of nitrogens with zero attached hydrogens (tertiary/aromatic N) is 1. The van der Waals surface area contributed by atoms with Crippen LogP contribution in [0, 0.1) is 0 Å². The number of aromatic hydroxyl groups is 1. The van der Waals surface area contributed by atoms with Crippen LogP contribution in [0.1, 0.15) is 16.7 Å². The molecule has 1 aromatic heterocycles. The first-order valence-corrected chi connectivity index (χ1v) is 6.41. The maximum absolute atomic E-state index is 13.6. The largest absolute Gasteiger partial charge is 0.506 e. The molecule has 8 heteroatoms. The fourth-order valence-corrected chi connectivity index (χ4v) is 2.23. The summed E-state index contributed by atoms with van der Waals surface area (Å²) in [7, 11) is 0. The Hall–Kier alpha value is -2.61. The van der Waals surface area contributed by atoms with Crippen molar-refractivity contribution in [2.24, 2.45) is 0 Å². The van der Waals surface area contributed by atoms with Gasteiger partial charge in [0.05, 0.1) is 16.8 Å². The third-order valence-corrected chi connectivity index (χ3v) is 3.33. The summed E-state index contributed by atoms with van der Waals surface area (Å²) in [6, 6.07) is 4.48. The van der Waals surface area contributed by atoms with Gasteiger partial charge in [-0.25, -0.2) is 4.74 Å². The second-order valence-corrected chi connectivity index (χ2v) is 4.89. The summed E-state index contributed by atoms with van der Waals surface area (Å²) in [5.74, 6) is -0.625. The van der Waals surface area contributed by atoms with Crippen molar-refractivity contribution in [1.82, 2.24) is 4.98 Å². The van der Waals surface area contributed by atoms with E-state index in [2.05, 4.69) is 21.6 Å². The number of pyridine rings is 1. The minimum absolute atomic E-state index is 0.188. The molecule has 0 aliphatic carbocycles. The highest BCUT2D eigenvalue weighted by molar-refractivity contribution is 5.78. The molecule has 0 atom stereocenters. The van der Waals surface area contributed by atoms with Crippen molar-refractivity contribution < 1.29 is 27.4 Å². The highest BCUT2D eigenvalue weighted by Gasteiger charge is 2.57. The predicted octanol–water partition coefficient (Wildman–Crippen LogP) is 4.00. The summed E-state index contributed by atoms with van der Waals surface area (Å²) in [5, 5.41) is 12.4. The number of rotatable bonds is 3. The van der Waals surface area contributed by atoms with Gasteiger partial charge in [0.15, 0.2) is 0 Å². The Morgan fingerprint density at radius 3 is 2.26 bits per heavy atom. The van der Waals surface area contributed by atoms with E-state index in [0.29, 0.717) is 11.6 Å². The van der Waals surface area contributed by atoms with Crippen molar-refractivity contribution in [3.63, 3.8) is 0 Å². The summed E-state index contributed by atoms with van der Waals surface area (Å²) in [4.78, 5) is 3.82. The molecule has 3 rings (SSSR count). The normalized spacial score (nSPS) is 17.6. The Morgan fingerprint density at radius 1 is 1.09 bits per heavy atom. The van der Waals surface area contributed by atoms with Gasteiger partial charge in [0.2, 0.25) is 0 Å². The number of nitrogens with one attached hydrogen (secondary N) is 1. The molecule has 0 unspecified atom stereocenters. The van der Waals surface area contributed by atoms with E-state index >= 15 is 0 Å². The van der Waals surface area contributed by atoms with Crippen LogP contribution in [0.15, 0.2) is 43.2 Å². The average molecular weight is 326 g/mol. The Kier molecular flexibility index (Phi) is 3.29. The van der Waals surface area contributed by atoms with Gasteiger partial charge in [-0.3, -0.25) is 4.98 Å². The number of hydrogen-bond acceptors (Lipinski definition) is 4. The molecule has 2 N–H and O–H groups in total. The van der Waals surface area contributed by atoms with Crippen molar-refractivity contribution >= 4 is 11.4 Å². The van der Waals surface area contributed by atoms with Gasteiger partial charge in [-0.15, -0.1) is 0 Å². The first-order chi connectivity index (χ1) is 10.7. The first kappa shape index (κ1) is 15.3. The predicted molar refractivity (Wildman–Crippen MR) is 73.9 cm³/mol. The molecule has 2 aromatic rings. The van der Waals surface area contributed by atoms with Gasteiger partial charge < -0.3 is 10.4 Å². The smallest absolute Gasteiger partial charge is 0.388 e. The summed E-state index contributed by atoms with van der Waals surface area (Å²) >= 11 is 0. The molecule has 0 bridgehead atoms. The fourth-order valence-electron chi connectivity index (χ4n) is 2.23. The standard InChI is InChI=1S/C15H10F4N2O2/c1-8(9-2-4-20-5-3-9)21-12-6-10-11(7-13(12)22)15(18,19)23-14(10,16)17/h2-7,21-22H,1H2. The number of fused-ring (bicyclic) bond motifs is 1. The molecule has 2 heterocycles. The van der Waals surface area contributed by atoms with Crippen LogP contribution in [0.5, 0.6) is 5.75 Å². The lowest BCUT2D eigenvalue weighted by Crippen LogP contribution is -2.17. The molecular weight excluding hydrogens is 316 g/mol. The van der Waals surface area contributed by atoms with E-state index in [1.807, 2.05) is 0 Å². The summed E-state index contributed by atoms with van der Waals surface area (Å²) in [6.45, 7) is 3.70. The van der Waals surface area contributed by atoms with Crippen molar-refractivity contribution in [1.29, 1.82) is 0 Å². The van der Waals surface area contributed by atoms with Crippen molar-refractivity contribution in [3.05, 3.63) is 59.9 Å². The van der Waals surface area contributed by atoms with Crippen LogP contribution >= 0.6 is 0 Å². The van der Waals surface area contributed by atoms with Gasteiger partial charge in [0.25, 0.3) is 0 Å². The van der Waals surface area contributed by atoms with Crippen LogP contribution in [0.4, 0.5) is 23.2 Å². The van der Waals surface area contributed by atoms with Crippen LogP contribution in [-0.2, 0) is 17.0 Å². The number of alkyl halides is 4. The van der Waals surface area contributed by atoms with Crippen LogP contribution < -0.4 is 5.32 Å². The minimum Gasteiger partial charge on any atom is -0.506 e. The molecule has 23 heavy (non-hydrogen) atoms. The molecule has 120 valence electrons. The Morgan fingerprint density at radius 2 is 1.65 bits per heavy atom. The van der Waals surface area contributed by atoms with Crippen LogP contribution in [0.3, 0.4) is 0 Å². The zero-order valence-corrected chi connectivity index (χ0v) is 11.5. The second-order valence-electron chi connectivity index (χ2n) is 4.89. The fraction of sp³-hybridized carbons (Fsp3) is 0.133. The Bertz CT molecular complexity index is 779. The van der Waals surface area contributed by atoms with Crippen LogP contribution in [0.25, 0.3) is 5.70 Å². The molecule has 0 radical (unpaired) electrons. The lowest BCUT2D eigenvalue weighted by molar-refractivity contribution is -0.369. The average Bonchev–Trinajstić information content (AvgIpc) is 2.65. The van der Waals surface area contributed by atoms with Crippen molar-refractivity contribution in [2.45, 2.75) is 12.2 Å². The molecule has 0 amide bonds. The van der Waals surface area contributed by atoms with E-state index in [1.165, 1.54) is 12.4 Å². The molecule has 1 aliphatic rings. The lowest BCUT2D eigenvalue weighted by atomic mass is 10.1. The highest BCUT2D eigenvalue weighted by Crippen LogP contribution is 2.53. The summed E-state index contributed by atoms with van der Waals surface area (Å²) in [5.41, 5.74) is -1.40. The van der Waals surface area contributed by atoms with Gasteiger partial charge in [-0.1, -0.05) is 6.58 Å². The molecule has 0 fully saturated rings. The highest BCUT2D eigenvalue weighted by atomic mass is 19.3. The van der Waals surface area contributed by atoms with Gasteiger partial charge in [0, 0.05) is 23.7 Å². The lowest BCUT2D eigenvalue weighted by Gasteiger charge is -2.14. The minimum atomic E-state index is -4.17. The van der Waals surface area contributed by atoms with Crippen LogP contribution in [-0.4, -0.2) is 10.1 Å². The number of phenolic OH excluding ortho intramolecular Hbond substituents is 1. The van der Waals surface area contributed by atoms with Crippen molar-refractivity contribution in [3.8, 4) is 5.75 Å². The van der Waals surface area contributed by atoms with Gasteiger partial charge in [-0.2, -0.15) is 17.6 Å². The molecule has 1 aliphatic heterocycles. The number of phenols is 1. The zero-order valence-electron chi connectivity index (χ0n) is 11.5. The van der Waals surface area contributed by atoms with E-state index in [1.54, 1.807) is 12.1 Å². The number of hydrogen-bond donors (Lipinski definition) is 2. The SMILES string of the molecule is C=C(Nc1cc2c(cc1O)C(F)(F)OC2(F)F)c1ccncc1. The molecule has 0 saturated carbocycles. The molecule has 0 saturated heterocycles. The number of benzene rings is 1. The molecule has 4 nitrogen and oxygen atoms in total. The third kappa shape index (κ3) is 2.61. The van der Waals surface area contributed by atoms with E-state index < -0.39 is 29.1 Å². The topological polar surface area (TPSA) is 54.4 Å². The molecular formula is C15H10F4N2O2. The number of halogens is 4. The summed E-state index contributed by atoms with van der Waals surface area (Å²) in [6.07, 6.45) is -5.33. The van der Waals surface area contributed by atoms with Crippen molar-refractivity contribution in [2.75, 3.05) is 5.32 Å². The quantitative estimate of drug-likeness (QED) is 0.661. The van der Waals surface area contributed by atoms with Gasteiger partial charge in [0.1, 0.15) is 5.75 Å². The van der Waals surface area contributed by atoms with E-state index in [9.17, 15) is 22.7 Å². The second kappa shape index (κ2) is 4.95. The monoisotopic (exact) mass is 326 g/mol. The van der Waals surface area contributed by atoms with Crippen LogP contribution in [0.2, 0.25) is 0 Å².